The molecule has 0 aliphatic rings. The number of nitrogens with one attached hydrogen (secondary N) is 1. The van der Waals surface area contributed by atoms with Gasteiger partial charge in [0.25, 0.3) is 5.91 Å². The fraction of sp³-hybridized carbons (Fsp3) is 0.583. The summed E-state index contributed by atoms with van der Waals surface area (Å²) in [7, 11) is 0. The Morgan fingerprint density at radius 3 is 2.89 bits per heavy atom. The summed E-state index contributed by atoms with van der Waals surface area (Å²) in [5.41, 5.74) is 2.47. The Balaban J connectivity index is 2.63. The first kappa shape index (κ1) is 14.7. The van der Waals surface area contributed by atoms with Gasteiger partial charge in [-0.15, -0.1) is 0 Å². The van der Waals surface area contributed by atoms with Crippen LogP contribution in [0.25, 0.3) is 0 Å². The van der Waals surface area contributed by atoms with E-state index in [4.69, 9.17) is 15.4 Å². The molecule has 1 aromatic heterocycles. The van der Waals surface area contributed by atoms with Crippen molar-refractivity contribution in [3.05, 3.63) is 23.7 Å². The number of nitrogen functional groups attached to an aromatic ring is 1. The third kappa shape index (κ3) is 4.14. The molecule has 1 aromatic rings. The summed E-state index contributed by atoms with van der Waals surface area (Å²) in [5.74, 6) is 5.39. The van der Waals surface area contributed by atoms with Crippen LogP contribution in [0, 0.1) is 0 Å². The topological polar surface area (TPSA) is 91.7 Å². The molecule has 0 radical (unpaired) electrons. The van der Waals surface area contributed by atoms with Crippen molar-refractivity contribution in [3.63, 3.8) is 0 Å². The molecule has 1 heterocycles. The maximum absolute atomic E-state index is 11.3. The highest BCUT2D eigenvalue weighted by Gasteiger charge is 2.14. The number of rotatable bonds is 7. The van der Waals surface area contributed by atoms with Crippen molar-refractivity contribution in [2.24, 2.45) is 5.84 Å². The van der Waals surface area contributed by atoms with Gasteiger partial charge in [0, 0.05) is 19.2 Å². The lowest BCUT2D eigenvalue weighted by atomic mass is 10.2. The highest BCUT2D eigenvalue weighted by atomic mass is 16.3. The van der Waals surface area contributed by atoms with Crippen molar-refractivity contribution < 1.29 is 14.3 Å². The number of carbonyl (C=O) groups is 1. The zero-order chi connectivity index (χ0) is 13.5. The fourth-order valence-electron chi connectivity index (χ4n) is 1.66. The number of nitrogens with zero attached hydrogens (tertiary/aromatic N) is 1. The third-order valence-electron chi connectivity index (χ3n) is 2.74. The van der Waals surface area contributed by atoms with E-state index in [0.29, 0.717) is 23.9 Å². The number of nitrogens with two attached hydrogens (primary N) is 1. The smallest absolute Gasteiger partial charge is 0.268 e. The van der Waals surface area contributed by atoms with E-state index in [1.54, 1.807) is 6.07 Å². The van der Waals surface area contributed by atoms with Gasteiger partial charge in [0.2, 0.25) is 0 Å². The normalized spacial score (nSPS) is 11.2. The molecule has 0 saturated heterocycles. The largest absolute Gasteiger partial charge is 0.467 e. The van der Waals surface area contributed by atoms with Crippen LogP contribution < -0.4 is 11.3 Å². The van der Waals surface area contributed by atoms with Gasteiger partial charge in [-0.25, -0.2) is 5.84 Å². The van der Waals surface area contributed by atoms with Gasteiger partial charge in [-0.1, -0.05) is 0 Å². The number of aliphatic hydroxyl groups is 1. The Kier molecular flexibility index (Phi) is 5.84. The highest BCUT2D eigenvalue weighted by Crippen LogP contribution is 2.12. The Morgan fingerprint density at radius 2 is 2.33 bits per heavy atom. The zero-order valence-electron chi connectivity index (χ0n) is 10.8. The molecule has 0 aliphatic carbocycles. The van der Waals surface area contributed by atoms with Crippen molar-refractivity contribution in [2.45, 2.75) is 32.9 Å². The molecule has 0 bridgehead atoms. The molecule has 1 amide bonds. The minimum atomic E-state index is -0.364. The maximum atomic E-state index is 11.3. The number of furan rings is 1. The van der Waals surface area contributed by atoms with Crippen LogP contribution in [0.2, 0.25) is 0 Å². The van der Waals surface area contributed by atoms with Crippen LogP contribution in [0.15, 0.2) is 16.7 Å². The minimum absolute atomic E-state index is 0.169. The first-order chi connectivity index (χ1) is 8.58. The van der Waals surface area contributed by atoms with E-state index in [1.165, 1.54) is 6.26 Å². The molecule has 0 aromatic carbocycles. The molecule has 0 saturated carbocycles. The number of hydrogen-bond donors (Lipinski definition) is 3. The number of amides is 1. The maximum Gasteiger partial charge on any atom is 0.268 e. The van der Waals surface area contributed by atoms with Gasteiger partial charge in [0.1, 0.15) is 12.0 Å². The molecule has 0 aliphatic heterocycles. The molecular weight excluding hydrogens is 234 g/mol. The summed E-state index contributed by atoms with van der Waals surface area (Å²) >= 11 is 0. The second-order valence-electron chi connectivity index (χ2n) is 4.42. The Labute approximate surface area is 107 Å². The minimum Gasteiger partial charge on any atom is -0.467 e. The van der Waals surface area contributed by atoms with E-state index in [0.717, 1.165) is 13.0 Å². The standard InChI is InChI=1S/C12H21N3O3/c1-9(2)15(4-3-5-16)7-11-6-10(8-18-11)12(17)14-13/h6,8-9,16H,3-5,7,13H2,1-2H3,(H,14,17). The summed E-state index contributed by atoms with van der Waals surface area (Å²) < 4.78 is 5.33. The summed E-state index contributed by atoms with van der Waals surface area (Å²) in [5, 5.41) is 8.85. The number of aliphatic hydroxyl groups excluding tert-OH is 1. The van der Waals surface area contributed by atoms with Crippen LogP contribution in [-0.2, 0) is 6.54 Å². The summed E-state index contributed by atoms with van der Waals surface area (Å²) in [6, 6.07) is 2.02. The number of carbonyl (C=O) groups excluding carboxylic acids is 1. The van der Waals surface area contributed by atoms with Crippen LogP contribution in [0.4, 0.5) is 0 Å². The Morgan fingerprint density at radius 1 is 1.61 bits per heavy atom. The van der Waals surface area contributed by atoms with Crippen molar-refractivity contribution in [1.29, 1.82) is 0 Å². The highest BCUT2D eigenvalue weighted by molar-refractivity contribution is 5.93. The molecule has 0 spiro atoms. The lowest BCUT2D eigenvalue weighted by Gasteiger charge is -2.24. The van der Waals surface area contributed by atoms with Crippen molar-refractivity contribution in [1.82, 2.24) is 10.3 Å². The van der Waals surface area contributed by atoms with E-state index < -0.39 is 0 Å². The van der Waals surface area contributed by atoms with Crippen LogP contribution in [-0.4, -0.2) is 35.1 Å². The third-order valence-corrected chi connectivity index (χ3v) is 2.74. The van der Waals surface area contributed by atoms with E-state index in [9.17, 15) is 4.79 Å². The quantitative estimate of drug-likeness (QED) is 0.374. The van der Waals surface area contributed by atoms with Gasteiger partial charge in [-0.05, 0) is 26.3 Å². The first-order valence-electron chi connectivity index (χ1n) is 6.01. The lowest BCUT2D eigenvalue weighted by Crippen LogP contribution is -2.31. The lowest BCUT2D eigenvalue weighted by molar-refractivity contribution is 0.0953. The second kappa shape index (κ2) is 7.15. The molecule has 6 nitrogen and oxygen atoms in total. The molecule has 6 heteroatoms. The van der Waals surface area contributed by atoms with E-state index in [1.807, 2.05) is 0 Å². The van der Waals surface area contributed by atoms with E-state index in [2.05, 4.69) is 24.2 Å². The summed E-state index contributed by atoms with van der Waals surface area (Å²) in [6.07, 6.45) is 2.11. The average molecular weight is 255 g/mol. The van der Waals surface area contributed by atoms with E-state index >= 15 is 0 Å². The number of hydrogen-bond acceptors (Lipinski definition) is 5. The van der Waals surface area contributed by atoms with Crippen LogP contribution in [0.1, 0.15) is 36.4 Å². The van der Waals surface area contributed by atoms with Gasteiger partial charge in [0.05, 0.1) is 12.1 Å². The Hall–Kier alpha value is -1.37. The fourth-order valence-corrected chi connectivity index (χ4v) is 1.66. The summed E-state index contributed by atoms with van der Waals surface area (Å²) in [6.45, 7) is 5.71. The predicted molar refractivity (Wildman–Crippen MR) is 67.6 cm³/mol. The van der Waals surface area contributed by atoms with Crippen molar-refractivity contribution >= 4 is 5.91 Å². The van der Waals surface area contributed by atoms with Gasteiger partial charge >= 0.3 is 0 Å². The predicted octanol–water partition coefficient (Wildman–Crippen LogP) is 0.476. The second-order valence-corrected chi connectivity index (χ2v) is 4.42. The van der Waals surface area contributed by atoms with Crippen LogP contribution >= 0.6 is 0 Å². The van der Waals surface area contributed by atoms with Gasteiger partial charge in [-0.3, -0.25) is 15.1 Å². The molecule has 0 unspecified atom stereocenters. The van der Waals surface area contributed by atoms with Crippen LogP contribution in [0.3, 0.4) is 0 Å². The molecule has 4 N–H and O–H groups in total. The molecule has 102 valence electrons. The molecular formula is C12H21N3O3. The molecule has 0 fully saturated rings. The van der Waals surface area contributed by atoms with Gasteiger partial charge < -0.3 is 9.52 Å². The van der Waals surface area contributed by atoms with Gasteiger partial charge in [-0.2, -0.15) is 0 Å². The summed E-state index contributed by atoms with van der Waals surface area (Å²) in [4.78, 5) is 13.4. The molecule has 1 rings (SSSR count). The monoisotopic (exact) mass is 255 g/mol. The first-order valence-corrected chi connectivity index (χ1v) is 6.01. The molecule has 0 atom stereocenters. The number of hydrazine groups is 1. The van der Waals surface area contributed by atoms with Crippen molar-refractivity contribution in [2.75, 3.05) is 13.2 Å². The zero-order valence-corrected chi connectivity index (χ0v) is 10.8. The Bertz CT molecular complexity index is 376. The SMILES string of the molecule is CC(C)N(CCCO)Cc1cc(C(=O)NN)co1. The van der Waals surface area contributed by atoms with E-state index in [-0.39, 0.29) is 12.5 Å². The van der Waals surface area contributed by atoms with Gasteiger partial charge in [0.15, 0.2) is 0 Å². The van der Waals surface area contributed by atoms with Crippen LogP contribution in [0.5, 0.6) is 0 Å². The molecule has 18 heavy (non-hydrogen) atoms. The van der Waals surface area contributed by atoms with Crippen molar-refractivity contribution in [3.8, 4) is 0 Å². The average Bonchev–Trinajstić information content (AvgIpc) is 2.81.